The molecule has 0 N–H and O–H groups in total. The quantitative estimate of drug-likeness (QED) is 0.605. The van der Waals surface area contributed by atoms with Crippen LogP contribution in [0, 0.1) is 0 Å². The minimum Gasteiger partial charge on any atom is -0.444 e. The van der Waals surface area contributed by atoms with Crippen LogP contribution in [0.1, 0.15) is 39.0 Å². The fourth-order valence-corrected chi connectivity index (χ4v) is 2.78. The molecule has 7 nitrogen and oxygen atoms in total. The summed E-state index contributed by atoms with van der Waals surface area (Å²) in [5.41, 5.74) is 0.892. The summed E-state index contributed by atoms with van der Waals surface area (Å²) >= 11 is 5.97. The molecule has 0 saturated heterocycles. The number of hydrogen-bond acceptors (Lipinski definition) is 5. The summed E-state index contributed by atoms with van der Waals surface area (Å²) in [6.45, 7) is 7.72. The van der Waals surface area contributed by atoms with Crippen molar-refractivity contribution in [3.8, 4) is 0 Å². The van der Waals surface area contributed by atoms with E-state index < -0.39 is 17.7 Å². The largest absolute Gasteiger partial charge is 0.444 e. The number of nitrogens with zero attached hydrogens (tertiary/aromatic N) is 3. The van der Waals surface area contributed by atoms with Gasteiger partial charge in [0.2, 0.25) is 0 Å². The first-order valence-corrected chi connectivity index (χ1v) is 8.54. The van der Waals surface area contributed by atoms with Crippen molar-refractivity contribution in [2.75, 3.05) is 13.7 Å². The van der Waals surface area contributed by atoms with Gasteiger partial charge in [-0.25, -0.2) is 14.8 Å². The third-order valence-electron chi connectivity index (χ3n) is 3.68. The molecule has 0 aromatic carbocycles. The normalized spacial score (nSPS) is 17.0. The number of amides is 2. The maximum Gasteiger partial charge on any atom is 0.411 e. The van der Waals surface area contributed by atoms with E-state index in [1.165, 1.54) is 11.9 Å². The van der Waals surface area contributed by atoms with Gasteiger partial charge in [0.25, 0.3) is 5.91 Å². The molecule has 2 rings (SSSR count). The van der Waals surface area contributed by atoms with Crippen LogP contribution in [-0.2, 0) is 27.3 Å². The number of pyridine rings is 1. The zero-order valence-electron chi connectivity index (χ0n) is 15.2. The number of fused-ring (bicyclic) bond motifs is 1. The van der Waals surface area contributed by atoms with Crippen molar-refractivity contribution in [2.24, 2.45) is 0 Å². The monoisotopic (exact) mass is 369 g/mol. The minimum atomic E-state index is -0.759. The molecule has 25 heavy (non-hydrogen) atoms. The van der Waals surface area contributed by atoms with Gasteiger partial charge in [-0.05, 0) is 39.3 Å². The number of ether oxygens (including phenoxy) is 1. The van der Waals surface area contributed by atoms with Crippen molar-refractivity contribution < 1.29 is 19.2 Å². The zero-order chi connectivity index (χ0) is 18.8. The van der Waals surface area contributed by atoms with Gasteiger partial charge in [-0.1, -0.05) is 17.7 Å². The Hall–Kier alpha value is -1.86. The van der Waals surface area contributed by atoms with E-state index in [1.807, 2.05) is 6.07 Å². The van der Waals surface area contributed by atoms with Crippen molar-refractivity contribution >= 4 is 23.6 Å². The summed E-state index contributed by atoms with van der Waals surface area (Å²) in [6.07, 6.45) is -0.290. The highest BCUT2D eigenvalue weighted by molar-refractivity contribution is 6.29. The van der Waals surface area contributed by atoms with Gasteiger partial charge in [0, 0.05) is 19.2 Å². The molecule has 1 aliphatic heterocycles. The number of hydrogen-bond donors (Lipinski definition) is 0. The highest BCUT2D eigenvalue weighted by Crippen LogP contribution is 2.26. The van der Waals surface area contributed by atoms with E-state index >= 15 is 0 Å². The Morgan fingerprint density at radius 3 is 2.68 bits per heavy atom. The van der Waals surface area contributed by atoms with Gasteiger partial charge in [-0.2, -0.15) is 0 Å². The molecule has 0 bridgehead atoms. The topological polar surface area (TPSA) is 72.0 Å². The second kappa shape index (κ2) is 7.58. The molecule has 2 heterocycles. The van der Waals surface area contributed by atoms with Gasteiger partial charge in [0.15, 0.2) is 0 Å². The molecule has 1 aromatic heterocycles. The van der Waals surface area contributed by atoms with Gasteiger partial charge < -0.3 is 4.74 Å². The van der Waals surface area contributed by atoms with E-state index in [0.29, 0.717) is 17.5 Å². The average molecular weight is 370 g/mol. The smallest absolute Gasteiger partial charge is 0.411 e. The van der Waals surface area contributed by atoms with E-state index in [0.717, 1.165) is 10.6 Å². The molecule has 0 fully saturated rings. The lowest BCUT2D eigenvalue weighted by molar-refractivity contribution is -0.182. The fraction of sp³-hybridized carbons (Fsp3) is 0.588. The summed E-state index contributed by atoms with van der Waals surface area (Å²) in [4.78, 5) is 36.4. The molecule has 138 valence electrons. The van der Waals surface area contributed by atoms with Gasteiger partial charge in [-0.3, -0.25) is 14.5 Å². The van der Waals surface area contributed by atoms with E-state index in [-0.39, 0.29) is 18.9 Å². The number of halogens is 1. The first-order valence-electron chi connectivity index (χ1n) is 8.16. The molecule has 0 radical (unpaired) electrons. The number of carbonyl (C=O) groups is 2. The van der Waals surface area contributed by atoms with Crippen LogP contribution >= 0.6 is 11.6 Å². The maximum absolute atomic E-state index is 12.8. The molecule has 1 aromatic rings. The summed E-state index contributed by atoms with van der Waals surface area (Å²) in [7, 11) is 1.53. The number of carbonyl (C=O) groups excluding carboxylic acids is 2. The molecule has 0 spiro atoms. The van der Waals surface area contributed by atoms with Crippen LogP contribution in [0.15, 0.2) is 12.1 Å². The Balaban J connectivity index is 2.33. The summed E-state index contributed by atoms with van der Waals surface area (Å²) in [6, 6.07) is 2.72. The number of likely N-dealkylation sites (N-methyl/N-ethyl adjacent to an activating group) is 1. The predicted molar refractivity (Wildman–Crippen MR) is 92.9 cm³/mol. The molecule has 1 aliphatic rings. The van der Waals surface area contributed by atoms with Crippen LogP contribution in [0.5, 0.6) is 0 Å². The van der Waals surface area contributed by atoms with Crippen molar-refractivity contribution in [1.29, 1.82) is 0 Å². The minimum absolute atomic E-state index is 0.227. The number of rotatable bonds is 3. The second-order valence-electron chi connectivity index (χ2n) is 6.82. The lowest BCUT2D eigenvalue weighted by atomic mass is 9.98. The van der Waals surface area contributed by atoms with Crippen LogP contribution in [0.4, 0.5) is 4.79 Å². The summed E-state index contributed by atoms with van der Waals surface area (Å²) < 4.78 is 5.47. The van der Waals surface area contributed by atoms with Crippen LogP contribution in [-0.4, -0.2) is 52.2 Å². The molecular weight excluding hydrogens is 346 g/mol. The molecule has 2 amide bonds. The van der Waals surface area contributed by atoms with Gasteiger partial charge in [0.1, 0.15) is 16.8 Å². The second-order valence-corrected chi connectivity index (χ2v) is 7.21. The number of aromatic nitrogens is 1. The SMILES string of the molecule is CCON(C)C(=O)C1Cc2nc(Cl)ccc2CN1C(=O)OC(C)(C)C. The van der Waals surface area contributed by atoms with Crippen molar-refractivity contribution in [3.63, 3.8) is 0 Å². The lowest BCUT2D eigenvalue weighted by Crippen LogP contribution is -2.54. The van der Waals surface area contributed by atoms with Gasteiger partial charge in [-0.15, -0.1) is 0 Å². The Morgan fingerprint density at radius 2 is 2.08 bits per heavy atom. The standard InChI is InChI=1S/C17H24ClN3O4/c1-6-24-20(5)15(22)13-9-12-11(7-8-14(18)19-12)10-21(13)16(23)25-17(2,3)4/h7-8,13H,6,9-10H2,1-5H3. The van der Waals surface area contributed by atoms with E-state index in [9.17, 15) is 9.59 Å². The number of hydroxylamine groups is 2. The van der Waals surface area contributed by atoms with E-state index in [4.69, 9.17) is 21.2 Å². The summed E-state index contributed by atoms with van der Waals surface area (Å²) in [5, 5.41) is 1.51. The van der Waals surface area contributed by atoms with Gasteiger partial charge in [0.05, 0.1) is 13.2 Å². The highest BCUT2D eigenvalue weighted by atomic mass is 35.5. The van der Waals surface area contributed by atoms with Crippen LogP contribution in [0.3, 0.4) is 0 Å². The van der Waals surface area contributed by atoms with Crippen molar-refractivity contribution in [3.05, 3.63) is 28.5 Å². The van der Waals surface area contributed by atoms with Crippen LogP contribution < -0.4 is 0 Å². The molecular formula is C17H24ClN3O4. The molecule has 0 aliphatic carbocycles. The van der Waals surface area contributed by atoms with Crippen LogP contribution in [0.25, 0.3) is 0 Å². The average Bonchev–Trinajstić information content (AvgIpc) is 2.51. The molecule has 1 atom stereocenters. The Kier molecular flexibility index (Phi) is 5.90. The van der Waals surface area contributed by atoms with Crippen molar-refractivity contribution in [2.45, 2.75) is 52.3 Å². The Labute approximate surface area is 152 Å². The third-order valence-corrected chi connectivity index (χ3v) is 3.89. The zero-order valence-corrected chi connectivity index (χ0v) is 16.0. The van der Waals surface area contributed by atoms with Gasteiger partial charge >= 0.3 is 6.09 Å². The first kappa shape index (κ1) is 19.5. The van der Waals surface area contributed by atoms with Crippen LogP contribution in [0.2, 0.25) is 5.15 Å². The first-order chi connectivity index (χ1) is 11.6. The third kappa shape index (κ3) is 4.83. The Morgan fingerprint density at radius 1 is 1.40 bits per heavy atom. The molecule has 8 heteroatoms. The fourth-order valence-electron chi connectivity index (χ4n) is 2.61. The Bertz CT molecular complexity index is 660. The molecule has 1 unspecified atom stereocenters. The maximum atomic E-state index is 12.8. The summed E-state index contributed by atoms with van der Waals surface area (Å²) in [5.74, 6) is -0.333. The van der Waals surface area contributed by atoms with Crippen molar-refractivity contribution in [1.82, 2.24) is 14.9 Å². The molecule has 0 saturated carbocycles. The van der Waals surface area contributed by atoms with E-state index in [1.54, 1.807) is 33.8 Å². The van der Waals surface area contributed by atoms with E-state index in [2.05, 4.69) is 4.98 Å². The highest BCUT2D eigenvalue weighted by Gasteiger charge is 2.39. The lowest BCUT2D eigenvalue weighted by Gasteiger charge is -2.37. The predicted octanol–water partition coefficient (Wildman–Crippen LogP) is 2.81.